The van der Waals surface area contributed by atoms with Crippen LogP contribution in [-0.4, -0.2) is 42.8 Å². The first-order valence-corrected chi connectivity index (χ1v) is 5.73. The van der Waals surface area contributed by atoms with Crippen LogP contribution in [0.4, 0.5) is 5.95 Å². The van der Waals surface area contributed by atoms with Crippen molar-refractivity contribution >= 4 is 18.4 Å². The lowest BCUT2D eigenvalue weighted by Gasteiger charge is -2.27. The van der Waals surface area contributed by atoms with Gasteiger partial charge in [-0.3, -0.25) is 0 Å². The molecule has 17 heavy (non-hydrogen) atoms. The molecular formula is C11H19ClN4O. The third kappa shape index (κ3) is 3.71. The van der Waals surface area contributed by atoms with Gasteiger partial charge in [-0.05, 0) is 13.8 Å². The quantitative estimate of drug-likeness (QED) is 0.877. The summed E-state index contributed by atoms with van der Waals surface area (Å²) in [6.45, 7) is 8.45. The van der Waals surface area contributed by atoms with Gasteiger partial charge in [-0.2, -0.15) is 4.98 Å². The van der Waals surface area contributed by atoms with E-state index in [1.165, 1.54) is 0 Å². The summed E-state index contributed by atoms with van der Waals surface area (Å²) in [7, 11) is 0. The lowest BCUT2D eigenvalue weighted by Crippen LogP contribution is -2.44. The third-order valence-corrected chi connectivity index (χ3v) is 2.51. The Bertz CT molecular complexity index is 355. The Morgan fingerprint density at radius 1 is 1.35 bits per heavy atom. The number of halogens is 1. The van der Waals surface area contributed by atoms with Crippen LogP contribution in [0, 0.1) is 6.92 Å². The molecule has 0 amide bonds. The van der Waals surface area contributed by atoms with E-state index in [9.17, 15) is 0 Å². The lowest BCUT2D eigenvalue weighted by atomic mass is 10.4. The van der Waals surface area contributed by atoms with Gasteiger partial charge >= 0.3 is 0 Å². The summed E-state index contributed by atoms with van der Waals surface area (Å²) in [4.78, 5) is 11.0. The topological polar surface area (TPSA) is 50.3 Å². The van der Waals surface area contributed by atoms with Crippen LogP contribution >= 0.6 is 12.4 Å². The molecule has 5 nitrogen and oxygen atoms in total. The van der Waals surface area contributed by atoms with Gasteiger partial charge in [0.25, 0.3) is 0 Å². The van der Waals surface area contributed by atoms with Crippen molar-refractivity contribution in [1.29, 1.82) is 0 Å². The second kappa shape index (κ2) is 6.61. The maximum Gasteiger partial charge on any atom is 0.228 e. The molecule has 1 saturated heterocycles. The monoisotopic (exact) mass is 258 g/mol. The minimum absolute atomic E-state index is 0. The molecular weight excluding hydrogens is 240 g/mol. The van der Waals surface area contributed by atoms with Gasteiger partial charge in [-0.1, -0.05) is 0 Å². The van der Waals surface area contributed by atoms with Crippen LogP contribution < -0.4 is 15.0 Å². The molecule has 0 saturated carbocycles. The zero-order valence-electron chi connectivity index (χ0n) is 10.3. The minimum Gasteiger partial charge on any atom is -0.478 e. The maximum atomic E-state index is 5.42. The largest absolute Gasteiger partial charge is 0.478 e. The molecule has 2 heterocycles. The van der Waals surface area contributed by atoms with Crippen LogP contribution in [0.25, 0.3) is 0 Å². The number of hydrogen-bond donors (Lipinski definition) is 1. The smallest absolute Gasteiger partial charge is 0.228 e. The number of anilines is 1. The molecule has 1 aliphatic rings. The molecule has 1 aromatic rings. The number of ether oxygens (including phenoxy) is 1. The lowest BCUT2D eigenvalue weighted by molar-refractivity contribution is 0.325. The summed E-state index contributed by atoms with van der Waals surface area (Å²) in [6, 6.07) is 1.87. The summed E-state index contributed by atoms with van der Waals surface area (Å²) < 4.78 is 5.42. The van der Waals surface area contributed by atoms with Crippen LogP contribution in [0.15, 0.2) is 6.07 Å². The highest BCUT2D eigenvalue weighted by Gasteiger charge is 2.14. The van der Waals surface area contributed by atoms with Gasteiger partial charge in [0.2, 0.25) is 11.8 Å². The van der Waals surface area contributed by atoms with Crippen molar-refractivity contribution in [3.8, 4) is 5.88 Å². The van der Waals surface area contributed by atoms with Gasteiger partial charge in [0.1, 0.15) is 0 Å². The first-order chi connectivity index (χ1) is 7.79. The highest BCUT2D eigenvalue weighted by molar-refractivity contribution is 5.85. The van der Waals surface area contributed by atoms with Crippen molar-refractivity contribution in [3.63, 3.8) is 0 Å². The maximum absolute atomic E-state index is 5.42. The van der Waals surface area contributed by atoms with E-state index in [0.29, 0.717) is 12.5 Å². The first kappa shape index (κ1) is 14.0. The molecule has 0 unspecified atom stereocenters. The van der Waals surface area contributed by atoms with Gasteiger partial charge in [-0.15, -0.1) is 12.4 Å². The molecule has 0 aliphatic carbocycles. The van der Waals surface area contributed by atoms with Gasteiger partial charge < -0.3 is 15.0 Å². The van der Waals surface area contributed by atoms with Gasteiger partial charge in [0, 0.05) is 37.9 Å². The predicted octanol–water partition coefficient (Wildman–Crippen LogP) is 1.02. The summed E-state index contributed by atoms with van der Waals surface area (Å²) >= 11 is 0. The summed E-state index contributed by atoms with van der Waals surface area (Å²) in [5, 5.41) is 3.31. The Hall–Kier alpha value is -1.07. The molecule has 0 radical (unpaired) electrons. The summed E-state index contributed by atoms with van der Waals surface area (Å²) in [5.74, 6) is 1.45. The number of piperazine rings is 1. The number of nitrogens with one attached hydrogen (secondary N) is 1. The van der Waals surface area contributed by atoms with Gasteiger partial charge in [-0.25, -0.2) is 4.98 Å². The van der Waals surface area contributed by atoms with Crippen LogP contribution in [-0.2, 0) is 0 Å². The summed E-state index contributed by atoms with van der Waals surface area (Å²) in [5.41, 5.74) is 0.951. The molecule has 1 aromatic heterocycles. The number of rotatable bonds is 3. The second-order valence-corrected chi connectivity index (χ2v) is 3.82. The first-order valence-electron chi connectivity index (χ1n) is 5.73. The second-order valence-electron chi connectivity index (χ2n) is 3.82. The van der Waals surface area contributed by atoms with E-state index in [4.69, 9.17) is 4.74 Å². The van der Waals surface area contributed by atoms with Crippen molar-refractivity contribution in [2.75, 3.05) is 37.7 Å². The highest BCUT2D eigenvalue weighted by Crippen LogP contribution is 2.15. The molecule has 2 rings (SSSR count). The fourth-order valence-corrected chi connectivity index (χ4v) is 1.75. The van der Waals surface area contributed by atoms with E-state index >= 15 is 0 Å². The predicted molar refractivity (Wildman–Crippen MR) is 70.3 cm³/mol. The van der Waals surface area contributed by atoms with E-state index < -0.39 is 0 Å². The Balaban J connectivity index is 0.00000144. The Morgan fingerprint density at radius 2 is 2.06 bits per heavy atom. The van der Waals surface area contributed by atoms with Crippen LogP contribution in [0.2, 0.25) is 0 Å². The van der Waals surface area contributed by atoms with Crippen LogP contribution in [0.5, 0.6) is 5.88 Å². The number of hydrogen-bond acceptors (Lipinski definition) is 5. The Labute approximate surface area is 108 Å². The Morgan fingerprint density at radius 3 is 2.71 bits per heavy atom. The molecule has 1 aliphatic heterocycles. The highest BCUT2D eigenvalue weighted by atomic mass is 35.5. The molecule has 0 spiro atoms. The zero-order valence-corrected chi connectivity index (χ0v) is 11.1. The molecule has 96 valence electrons. The molecule has 6 heteroatoms. The number of aryl methyl sites for hydroxylation is 1. The van der Waals surface area contributed by atoms with Crippen molar-refractivity contribution in [1.82, 2.24) is 15.3 Å². The SMILES string of the molecule is CCOc1cc(C)nc(N2CCNCC2)n1.Cl. The van der Waals surface area contributed by atoms with Crippen molar-refractivity contribution < 1.29 is 4.74 Å². The van der Waals surface area contributed by atoms with E-state index in [1.807, 2.05) is 19.9 Å². The number of nitrogens with zero attached hydrogens (tertiary/aromatic N) is 3. The molecule has 0 aromatic carbocycles. The average molecular weight is 259 g/mol. The van der Waals surface area contributed by atoms with Crippen LogP contribution in [0.3, 0.4) is 0 Å². The molecule has 1 fully saturated rings. The third-order valence-electron chi connectivity index (χ3n) is 2.51. The van der Waals surface area contributed by atoms with E-state index in [1.54, 1.807) is 0 Å². The summed E-state index contributed by atoms with van der Waals surface area (Å²) in [6.07, 6.45) is 0. The average Bonchev–Trinajstić information content (AvgIpc) is 2.30. The minimum atomic E-state index is 0. The molecule has 0 atom stereocenters. The fraction of sp³-hybridized carbons (Fsp3) is 0.636. The fourth-order valence-electron chi connectivity index (χ4n) is 1.75. The van der Waals surface area contributed by atoms with E-state index in [2.05, 4.69) is 20.2 Å². The van der Waals surface area contributed by atoms with Crippen molar-refractivity contribution in [2.24, 2.45) is 0 Å². The van der Waals surface area contributed by atoms with Gasteiger partial charge in [0.15, 0.2) is 0 Å². The van der Waals surface area contributed by atoms with E-state index in [-0.39, 0.29) is 12.4 Å². The van der Waals surface area contributed by atoms with Gasteiger partial charge in [0.05, 0.1) is 6.61 Å². The molecule has 0 bridgehead atoms. The van der Waals surface area contributed by atoms with E-state index in [0.717, 1.165) is 37.8 Å². The number of aromatic nitrogens is 2. The van der Waals surface area contributed by atoms with Crippen molar-refractivity contribution in [2.45, 2.75) is 13.8 Å². The zero-order chi connectivity index (χ0) is 11.4. The van der Waals surface area contributed by atoms with Crippen molar-refractivity contribution in [3.05, 3.63) is 11.8 Å². The molecule has 1 N–H and O–H groups in total. The van der Waals surface area contributed by atoms with Crippen LogP contribution in [0.1, 0.15) is 12.6 Å². The normalized spacial score (nSPS) is 15.3. The standard InChI is InChI=1S/C11H18N4O.ClH/c1-3-16-10-8-9(2)13-11(14-10)15-6-4-12-5-7-15;/h8,12H,3-7H2,1-2H3;1H. The Kier molecular flexibility index (Phi) is 5.44.